The molecule has 5 rings (SSSR count). The predicted octanol–water partition coefficient (Wildman–Crippen LogP) is 4.21. The molecule has 0 bridgehead atoms. The number of fused-ring (bicyclic) bond motifs is 1. The van der Waals surface area contributed by atoms with E-state index < -0.39 is 0 Å². The molecule has 1 aromatic carbocycles. The largest absolute Gasteiger partial charge is 0.349 e. The fourth-order valence-electron chi connectivity index (χ4n) is 5.18. The average molecular weight is 385 g/mol. The summed E-state index contributed by atoms with van der Waals surface area (Å²) in [5.74, 6) is 3.90. The highest BCUT2D eigenvalue weighted by Gasteiger charge is 2.59. The highest BCUT2D eigenvalue weighted by atomic mass is 35.5. The predicted molar refractivity (Wildman–Crippen MR) is 104 cm³/mol. The lowest BCUT2D eigenvalue weighted by Gasteiger charge is -2.22. The van der Waals surface area contributed by atoms with E-state index in [1.54, 1.807) is 24.3 Å². The summed E-state index contributed by atoms with van der Waals surface area (Å²) in [6.45, 7) is 2.17. The maximum atomic E-state index is 12.6. The van der Waals surface area contributed by atoms with Gasteiger partial charge in [-0.15, -0.1) is 10.2 Å². The van der Waals surface area contributed by atoms with Gasteiger partial charge in [0.15, 0.2) is 0 Å². The summed E-state index contributed by atoms with van der Waals surface area (Å²) in [7, 11) is 0. The molecule has 27 heavy (non-hydrogen) atoms. The third-order valence-electron chi connectivity index (χ3n) is 6.75. The Morgan fingerprint density at radius 2 is 1.96 bits per heavy atom. The molecule has 0 radical (unpaired) electrons. The Hall–Kier alpha value is -1.88. The van der Waals surface area contributed by atoms with Gasteiger partial charge in [-0.2, -0.15) is 0 Å². The zero-order valence-electron chi connectivity index (χ0n) is 15.5. The van der Waals surface area contributed by atoms with Crippen LogP contribution >= 0.6 is 11.6 Å². The van der Waals surface area contributed by atoms with Crippen LogP contribution < -0.4 is 5.32 Å². The minimum absolute atomic E-state index is 0.00914. The number of aromatic nitrogens is 3. The van der Waals surface area contributed by atoms with Crippen molar-refractivity contribution in [2.24, 2.45) is 17.8 Å². The lowest BCUT2D eigenvalue weighted by molar-refractivity contribution is 0.0927. The van der Waals surface area contributed by atoms with E-state index in [1.807, 2.05) is 6.33 Å². The summed E-state index contributed by atoms with van der Waals surface area (Å²) in [6.07, 6.45) is 7.81. The van der Waals surface area contributed by atoms with Crippen molar-refractivity contribution >= 4 is 17.5 Å². The quantitative estimate of drug-likeness (QED) is 0.811. The van der Waals surface area contributed by atoms with Gasteiger partial charge >= 0.3 is 0 Å². The van der Waals surface area contributed by atoms with Gasteiger partial charge in [-0.05, 0) is 74.1 Å². The molecule has 3 aliphatic rings. The van der Waals surface area contributed by atoms with Crippen LogP contribution in [-0.2, 0) is 0 Å². The number of halogens is 1. The van der Waals surface area contributed by atoms with Gasteiger partial charge in [0.05, 0.1) is 0 Å². The molecule has 2 aromatic rings. The zero-order valence-corrected chi connectivity index (χ0v) is 16.3. The normalized spacial score (nSPS) is 30.0. The van der Waals surface area contributed by atoms with Crippen molar-refractivity contribution in [1.82, 2.24) is 20.1 Å². The average Bonchev–Trinajstić information content (AvgIpc) is 3.53. The summed E-state index contributed by atoms with van der Waals surface area (Å²) in [5.41, 5.74) is 0.681. The second-order valence-corrected chi connectivity index (χ2v) is 8.83. The fourth-order valence-corrected chi connectivity index (χ4v) is 5.30. The molecule has 1 heterocycles. The van der Waals surface area contributed by atoms with E-state index in [4.69, 9.17) is 11.6 Å². The van der Waals surface area contributed by atoms with E-state index >= 15 is 0 Å². The lowest BCUT2D eigenvalue weighted by Crippen LogP contribution is -2.37. The van der Waals surface area contributed by atoms with Crippen molar-refractivity contribution in [3.8, 4) is 0 Å². The molecule has 1 amide bonds. The molecule has 3 unspecified atom stereocenters. The molecule has 3 saturated carbocycles. The minimum atomic E-state index is 0.00914. The number of amides is 1. The molecule has 6 heteroatoms. The molecule has 3 fully saturated rings. The van der Waals surface area contributed by atoms with E-state index in [-0.39, 0.29) is 11.9 Å². The van der Waals surface area contributed by atoms with Gasteiger partial charge in [0.1, 0.15) is 12.2 Å². The van der Waals surface area contributed by atoms with Crippen LogP contribution in [0.4, 0.5) is 0 Å². The first-order valence-corrected chi connectivity index (χ1v) is 10.5. The molecule has 1 N–H and O–H groups in total. The van der Waals surface area contributed by atoms with Crippen LogP contribution in [-0.4, -0.2) is 26.7 Å². The van der Waals surface area contributed by atoms with Crippen molar-refractivity contribution in [3.05, 3.63) is 47.0 Å². The number of hydrogen-bond donors (Lipinski definition) is 1. The maximum absolute atomic E-state index is 12.6. The highest BCUT2D eigenvalue weighted by molar-refractivity contribution is 6.30. The van der Waals surface area contributed by atoms with Crippen molar-refractivity contribution in [1.29, 1.82) is 0 Å². The monoisotopic (exact) mass is 384 g/mol. The van der Waals surface area contributed by atoms with Crippen LogP contribution in [0.3, 0.4) is 0 Å². The Morgan fingerprint density at radius 3 is 2.59 bits per heavy atom. The molecule has 3 aliphatic carbocycles. The molecule has 1 aromatic heterocycles. The fraction of sp³-hybridized carbons (Fsp3) is 0.571. The Morgan fingerprint density at radius 1 is 1.26 bits per heavy atom. The summed E-state index contributed by atoms with van der Waals surface area (Å²) < 4.78 is 2.34. The maximum Gasteiger partial charge on any atom is 0.251 e. The van der Waals surface area contributed by atoms with E-state index in [0.29, 0.717) is 28.5 Å². The van der Waals surface area contributed by atoms with E-state index in [2.05, 4.69) is 27.0 Å². The molecule has 3 atom stereocenters. The van der Waals surface area contributed by atoms with Crippen LogP contribution in [0.25, 0.3) is 0 Å². The van der Waals surface area contributed by atoms with E-state index in [0.717, 1.165) is 18.3 Å². The van der Waals surface area contributed by atoms with Gasteiger partial charge in [0.2, 0.25) is 0 Å². The van der Waals surface area contributed by atoms with Crippen LogP contribution in [0, 0.1) is 17.8 Å². The summed E-state index contributed by atoms with van der Waals surface area (Å²) >= 11 is 5.92. The van der Waals surface area contributed by atoms with Gasteiger partial charge in [-0.1, -0.05) is 18.5 Å². The number of carbonyl (C=O) groups excluding carboxylic acids is 1. The third-order valence-corrected chi connectivity index (χ3v) is 7.00. The van der Waals surface area contributed by atoms with E-state index in [1.165, 1.54) is 31.5 Å². The Balaban J connectivity index is 1.21. The second kappa shape index (κ2) is 6.62. The summed E-state index contributed by atoms with van der Waals surface area (Å²) in [6, 6.07) is 7.92. The van der Waals surface area contributed by atoms with Crippen LogP contribution in [0.5, 0.6) is 0 Å². The molecule has 0 spiro atoms. The Labute approximate surface area is 164 Å². The smallest absolute Gasteiger partial charge is 0.251 e. The summed E-state index contributed by atoms with van der Waals surface area (Å²) in [4.78, 5) is 12.6. The standard InChI is InChI=1S/C21H25ClN4O/c1-2-18(24-21(27)13-5-7-14(22)8-6-13)19-16-9-15(10-17(16)19)26-11-23-25-20(26)12-3-4-12/h5-8,11-12,15-19H,2-4,9-10H2,1H3,(H,24,27). The molecule has 0 aliphatic heterocycles. The van der Waals surface area contributed by atoms with Gasteiger partial charge < -0.3 is 9.88 Å². The number of nitrogens with zero attached hydrogens (tertiary/aromatic N) is 3. The molecule has 142 valence electrons. The number of benzene rings is 1. The van der Waals surface area contributed by atoms with Gasteiger partial charge in [-0.25, -0.2) is 0 Å². The van der Waals surface area contributed by atoms with Crippen LogP contribution in [0.15, 0.2) is 30.6 Å². The minimum Gasteiger partial charge on any atom is -0.349 e. The lowest BCUT2D eigenvalue weighted by atomic mass is 9.98. The van der Waals surface area contributed by atoms with Gasteiger partial charge in [0, 0.05) is 28.6 Å². The third kappa shape index (κ3) is 3.16. The first-order valence-electron chi connectivity index (χ1n) is 10.1. The SMILES string of the molecule is CCC(NC(=O)c1ccc(Cl)cc1)C1C2CC(n3cnnc3C3CC3)CC21. The Bertz CT molecular complexity index is 832. The topological polar surface area (TPSA) is 59.8 Å². The van der Waals surface area contributed by atoms with Gasteiger partial charge in [-0.3, -0.25) is 4.79 Å². The highest BCUT2D eigenvalue weighted by Crippen LogP contribution is 2.63. The Kier molecular flexibility index (Phi) is 4.23. The van der Waals surface area contributed by atoms with Crippen LogP contribution in [0.2, 0.25) is 5.02 Å². The van der Waals surface area contributed by atoms with Gasteiger partial charge in [0.25, 0.3) is 5.91 Å². The molecular weight excluding hydrogens is 360 g/mol. The number of hydrogen-bond acceptors (Lipinski definition) is 3. The first-order chi connectivity index (χ1) is 13.2. The molecule has 5 nitrogen and oxygen atoms in total. The number of nitrogens with one attached hydrogen (secondary N) is 1. The molecular formula is C21H25ClN4O. The van der Waals surface area contributed by atoms with Crippen molar-refractivity contribution in [2.75, 3.05) is 0 Å². The van der Waals surface area contributed by atoms with Crippen LogP contribution in [0.1, 0.15) is 67.2 Å². The van der Waals surface area contributed by atoms with Crippen molar-refractivity contribution in [3.63, 3.8) is 0 Å². The van der Waals surface area contributed by atoms with E-state index in [9.17, 15) is 4.79 Å². The second-order valence-electron chi connectivity index (χ2n) is 8.40. The number of carbonyl (C=O) groups is 1. The first kappa shape index (κ1) is 17.2. The summed E-state index contributed by atoms with van der Waals surface area (Å²) in [5, 5.41) is 12.4. The van der Waals surface area contributed by atoms with Crippen molar-refractivity contribution < 1.29 is 4.79 Å². The molecule has 0 saturated heterocycles. The number of rotatable bonds is 6. The van der Waals surface area contributed by atoms with Crippen molar-refractivity contribution in [2.45, 2.75) is 57.0 Å². The zero-order chi connectivity index (χ0) is 18.5.